The zero-order valence-electron chi connectivity index (χ0n) is 10.9. The van der Waals surface area contributed by atoms with E-state index in [-0.39, 0.29) is 18.3 Å². The van der Waals surface area contributed by atoms with Gasteiger partial charge < -0.3 is 20.5 Å². The molecule has 0 aliphatic rings. The number of nitrogens with two attached hydrogens (primary N) is 1. The zero-order chi connectivity index (χ0) is 13.5. The number of hydrogen-bond acceptors (Lipinski definition) is 4. The molecule has 0 radical (unpaired) electrons. The maximum atomic E-state index is 11.3. The third-order valence-corrected chi connectivity index (χ3v) is 3.14. The van der Waals surface area contributed by atoms with Crippen LogP contribution in [0.5, 0.6) is 11.5 Å². The summed E-state index contributed by atoms with van der Waals surface area (Å²) in [5.41, 5.74) is 6.22. The highest BCUT2D eigenvalue weighted by molar-refractivity contribution is 9.10. The third-order valence-electron chi connectivity index (χ3n) is 2.40. The number of rotatable bonds is 6. The van der Waals surface area contributed by atoms with Crippen molar-refractivity contribution in [2.45, 2.75) is 13.0 Å². The standard InChI is InChI=1S/C12H17BrN2O3.ClH/c1-17-10-5-8(7-15-12(16)3-4-14)9(13)6-11(10)18-2;/h5-6H,3-4,7,14H2,1-2H3,(H,15,16);1H. The van der Waals surface area contributed by atoms with E-state index in [0.29, 0.717) is 31.0 Å². The Labute approximate surface area is 127 Å². The fraction of sp³-hybridized carbons (Fsp3) is 0.417. The Morgan fingerprint density at radius 1 is 1.32 bits per heavy atom. The molecule has 0 spiro atoms. The smallest absolute Gasteiger partial charge is 0.221 e. The van der Waals surface area contributed by atoms with Gasteiger partial charge in [-0.2, -0.15) is 0 Å². The Morgan fingerprint density at radius 3 is 2.42 bits per heavy atom. The second kappa shape index (κ2) is 9.01. The van der Waals surface area contributed by atoms with E-state index in [9.17, 15) is 4.79 Å². The van der Waals surface area contributed by atoms with Crippen molar-refractivity contribution in [2.75, 3.05) is 20.8 Å². The molecule has 1 aromatic carbocycles. The van der Waals surface area contributed by atoms with Gasteiger partial charge in [0.15, 0.2) is 11.5 Å². The lowest BCUT2D eigenvalue weighted by atomic mass is 10.2. The first kappa shape index (κ1) is 18.0. The number of benzene rings is 1. The molecule has 0 bridgehead atoms. The third kappa shape index (κ3) is 5.26. The van der Waals surface area contributed by atoms with Crippen molar-refractivity contribution in [1.82, 2.24) is 5.32 Å². The molecule has 7 heteroatoms. The number of ether oxygens (including phenoxy) is 2. The summed E-state index contributed by atoms with van der Waals surface area (Å²) in [7, 11) is 3.15. The minimum Gasteiger partial charge on any atom is -0.493 e. The molecule has 3 N–H and O–H groups in total. The Morgan fingerprint density at radius 2 is 1.89 bits per heavy atom. The molecule has 108 valence electrons. The van der Waals surface area contributed by atoms with E-state index in [0.717, 1.165) is 10.0 Å². The van der Waals surface area contributed by atoms with Gasteiger partial charge in [0.2, 0.25) is 5.91 Å². The van der Waals surface area contributed by atoms with Crippen molar-refractivity contribution in [1.29, 1.82) is 0 Å². The molecule has 5 nitrogen and oxygen atoms in total. The van der Waals surface area contributed by atoms with Crippen molar-refractivity contribution in [3.63, 3.8) is 0 Å². The molecule has 0 heterocycles. The van der Waals surface area contributed by atoms with Crippen LogP contribution in [0.1, 0.15) is 12.0 Å². The molecule has 0 saturated heterocycles. The summed E-state index contributed by atoms with van der Waals surface area (Å²) in [6, 6.07) is 3.63. The minimum atomic E-state index is -0.0702. The quantitative estimate of drug-likeness (QED) is 0.818. The second-order valence-electron chi connectivity index (χ2n) is 3.61. The number of carbonyl (C=O) groups excluding carboxylic acids is 1. The van der Waals surface area contributed by atoms with Crippen LogP contribution >= 0.6 is 28.3 Å². The average Bonchev–Trinajstić information content (AvgIpc) is 2.37. The maximum absolute atomic E-state index is 11.3. The second-order valence-corrected chi connectivity index (χ2v) is 4.47. The molecule has 0 aliphatic heterocycles. The predicted octanol–water partition coefficient (Wildman–Crippen LogP) is 1.85. The molecule has 0 unspecified atom stereocenters. The van der Waals surface area contributed by atoms with E-state index in [1.165, 1.54) is 0 Å². The average molecular weight is 354 g/mol. The van der Waals surface area contributed by atoms with Crippen LogP contribution in [0.3, 0.4) is 0 Å². The van der Waals surface area contributed by atoms with Gasteiger partial charge in [0.1, 0.15) is 0 Å². The van der Waals surface area contributed by atoms with Crippen LogP contribution in [0.15, 0.2) is 16.6 Å². The van der Waals surface area contributed by atoms with Crippen molar-refractivity contribution >= 4 is 34.2 Å². The van der Waals surface area contributed by atoms with Gasteiger partial charge in [-0.05, 0) is 17.7 Å². The number of nitrogens with one attached hydrogen (secondary N) is 1. The zero-order valence-corrected chi connectivity index (χ0v) is 13.3. The molecule has 0 saturated carbocycles. The maximum Gasteiger partial charge on any atom is 0.221 e. The van der Waals surface area contributed by atoms with E-state index in [2.05, 4.69) is 21.2 Å². The number of carbonyl (C=O) groups is 1. The lowest BCUT2D eigenvalue weighted by Gasteiger charge is -2.12. The number of hydrogen-bond donors (Lipinski definition) is 2. The summed E-state index contributed by atoms with van der Waals surface area (Å²) in [5, 5.41) is 2.78. The summed E-state index contributed by atoms with van der Waals surface area (Å²) in [6.07, 6.45) is 0.324. The highest BCUT2D eigenvalue weighted by atomic mass is 79.9. The van der Waals surface area contributed by atoms with Gasteiger partial charge in [0.25, 0.3) is 0 Å². The summed E-state index contributed by atoms with van der Waals surface area (Å²) < 4.78 is 11.2. The number of methoxy groups -OCH3 is 2. The van der Waals surface area contributed by atoms with Crippen molar-refractivity contribution in [3.05, 3.63) is 22.2 Å². The topological polar surface area (TPSA) is 73.6 Å². The Hall–Kier alpha value is -0.980. The fourth-order valence-corrected chi connectivity index (χ4v) is 1.91. The SMILES string of the molecule is COc1cc(Br)c(CNC(=O)CCN)cc1OC.Cl. The van der Waals surface area contributed by atoms with Gasteiger partial charge in [-0.1, -0.05) is 15.9 Å². The molecule has 0 atom stereocenters. The van der Waals surface area contributed by atoms with Gasteiger partial charge in [-0.25, -0.2) is 0 Å². The largest absolute Gasteiger partial charge is 0.493 e. The van der Waals surface area contributed by atoms with Gasteiger partial charge in [-0.3, -0.25) is 4.79 Å². The first-order valence-electron chi connectivity index (χ1n) is 5.49. The minimum absolute atomic E-state index is 0. The first-order chi connectivity index (χ1) is 8.62. The van der Waals surface area contributed by atoms with Crippen LogP contribution < -0.4 is 20.5 Å². The monoisotopic (exact) mass is 352 g/mol. The Bertz CT molecular complexity index is 430. The van der Waals surface area contributed by atoms with E-state index in [4.69, 9.17) is 15.2 Å². The van der Waals surface area contributed by atoms with E-state index in [1.54, 1.807) is 14.2 Å². The fourth-order valence-electron chi connectivity index (χ4n) is 1.45. The molecule has 1 aromatic rings. The molecule has 0 aliphatic carbocycles. The van der Waals surface area contributed by atoms with Crippen molar-refractivity contribution in [3.8, 4) is 11.5 Å². The molecule has 1 rings (SSSR count). The lowest BCUT2D eigenvalue weighted by molar-refractivity contribution is -0.121. The van der Waals surface area contributed by atoms with Crippen LogP contribution in [-0.4, -0.2) is 26.7 Å². The predicted molar refractivity (Wildman–Crippen MR) is 80.0 cm³/mol. The van der Waals surface area contributed by atoms with Gasteiger partial charge in [0.05, 0.1) is 14.2 Å². The molecule has 19 heavy (non-hydrogen) atoms. The lowest BCUT2D eigenvalue weighted by Crippen LogP contribution is -2.25. The van der Waals surface area contributed by atoms with Gasteiger partial charge >= 0.3 is 0 Å². The Kier molecular flexibility index (Phi) is 8.54. The van der Waals surface area contributed by atoms with E-state index < -0.39 is 0 Å². The van der Waals surface area contributed by atoms with Crippen LogP contribution in [0.2, 0.25) is 0 Å². The summed E-state index contributed by atoms with van der Waals surface area (Å²) in [4.78, 5) is 11.3. The van der Waals surface area contributed by atoms with E-state index >= 15 is 0 Å². The molecular formula is C12H18BrClN2O3. The highest BCUT2D eigenvalue weighted by Gasteiger charge is 2.10. The van der Waals surface area contributed by atoms with Crippen molar-refractivity contribution in [2.24, 2.45) is 5.73 Å². The van der Waals surface area contributed by atoms with Crippen LogP contribution in [0.4, 0.5) is 0 Å². The molecule has 0 aromatic heterocycles. The molecular weight excluding hydrogens is 336 g/mol. The molecule has 0 fully saturated rings. The number of halogens is 2. The number of amides is 1. The summed E-state index contributed by atoms with van der Waals surface area (Å²) in [6.45, 7) is 0.763. The van der Waals surface area contributed by atoms with E-state index in [1.807, 2.05) is 12.1 Å². The van der Waals surface area contributed by atoms with Gasteiger partial charge in [-0.15, -0.1) is 12.4 Å². The van der Waals surface area contributed by atoms with Crippen LogP contribution in [-0.2, 0) is 11.3 Å². The van der Waals surface area contributed by atoms with Crippen LogP contribution in [0.25, 0.3) is 0 Å². The molecule has 1 amide bonds. The van der Waals surface area contributed by atoms with Crippen LogP contribution in [0, 0.1) is 0 Å². The summed E-state index contributed by atoms with van der Waals surface area (Å²) in [5.74, 6) is 1.20. The van der Waals surface area contributed by atoms with Crippen molar-refractivity contribution < 1.29 is 14.3 Å². The van der Waals surface area contributed by atoms with Gasteiger partial charge in [0, 0.05) is 24.0 Å². The normalized spacial score (nSPS) is 9.47. The highest BCUT2D eigenvalue weighted by Crippen LogP contribution is 2.33. The first-order valence-corrected chi connectivity index (χ1v) is 6.28. The Balaban J connectivity index is 0.00000324. The summed E-state index contributed by atoms with van der Waals surface area (Å²) >= 11 is 3.43.